The second-order valence-corrected chi connectivity index (χ2v) is 2.60. The fourth-order valence-electron chi connectivity index (χ4n) is 1.05. The molecule has 0 aliphatic rings. The molecule has 0 saturated carbocycles. The summed E-state index contributed by atoms with van der Waals surface area (Å²) in [7, 11) is 1.71. The van der Waals surface area contributed by atoms with Gasteiger partial charge in [0, 0.05) is 13.1 Å². The average molecular weight is 168 g/mol. The fraction of sp³-hybridized carbons (Fsp3) is 0.250. The summed E-state index contributed by atoms with van der Waals surface area (Å²) >= 11 is 0. The molecule has 12 heavy (non-hydrogen) atoms. The zero-order valence-electron chi connectivity index (χ0n) is 7.09. The van der Waals surface area contributed by atoms with Gasteiger partial charge in [-0.2, -0.15) is 5.23 Å². The van der Waals surface area contributed by atoms with Crippen molar-refractivity contribution in [3.8, 4) is 0 Å². The molecule has 4 heteroatoms. The third kappa shape index (κ3) is 1.73. The molecular formula is C8H12N2O2. The van der Waals surface area contributed by atoms with Gasteiger partial charge in [0.1, 0.15) is 0 Å². The van der Waals surface area contributed by atoms with Crippen molar-refractivity contribution in [3.63, 3.8) is 0 Å². The minimum atomic E-state index is -0.903. The maximum Gasteiger partial charge on any atom is 0.187 e. The van der Waals surface area contributed by atoms with Gasteiger partial charge in [0.25, 0.3) is 0 Å². The van der Waals surface area contributed by atoms with Gasteiger partial charge in [-0.05, 0) is 18.6 Å². The van der Waals surface area contributed by atoms with E-state index in [-0.39, 0.29) is 0 Å². The molecule has 0 heterocycles. The lowest BCUT2D eigenvalue weighted by atomic mass is 10.2. The van der Waals surface area contributed by atoms with Crippen molar-refractivity contribution >= 4 is 11.4 Å². The lowest BCUT2D eigenvalue weighted by Crippen LogP contribution is -2.99. The van der Waals surface area contributed by atoms with Crippen LogP contribution in [0.15, 0.2) is 18.2 Å². The number of hydrogen-bond acceptors (Lipinski definition) is 3. The van der Waals surface area contributed by atoms with Gasteiger partial charge in [-0.3, -0.25) is 0 Å². The largest absolute Gasteiger partial charge is 0.595 e. The average Bonchev–Trinajstić information content (AvgIpc) is 2.03. The third-order valence-corrected chi connectivity index (χ3v) is 1.67. The van der Waals surface area contributed by atoms with Crippen LogP contribution in [0.4, 0.5) is 11.4 Å². The predicted molar refractivity (Wildman–Crippen MR) is 46.5 cm³/mol. The van der Waals surface area contributed by atoms with Crippen molar-refractivity contribution in [2.24, 2.45) is 0 Å². The van der Waals surface area contributed by atoms with Crippen molar-refractivity contribution in [1.82, 2.24) is 0 Å². The van der Waals surface area contributed by atoms with Gasteiger partial charge in [-0.25, -0.2) is 5.21 Å². The Hall–Kier alpha value is -1.10. The highest BCUT2D eigenvalue weighted by molar-refractivity contribution is 5.61. The van der Waals surface area contributed by atoms with Crippen molar-refractivity contribution in [2.45, 2.75) is 6.92 Å². The van der Waals surface area contributed by atoms with Gasteiger partial charge in [0.2, 0.25) is 0 Å². The summed E-state index contributed by atoms with van der Waals surface area (Å²) in [6.45, 7) is 1.92. The maximum atomic E-state index is 10.7. The van der Waals surface area contributed by atoms with Crippen molar-refractivity contribution in [1.29, 1.82) is 0 Å². The number of quaternary nitrogens is 1. The van der Waals surface area contributed by atoms with Crippen LogP contribution in [0, 0.1) is 12.1 Å². The van der Waals surface area contributed by atoms with Crippen LogP contribution < -0.4 is 10.5 Å². The Bertz CT molecular complexity index is 274. The van der Waals surface area contributed by atoms with E-state index in [2.05, 4.69) is 5.32 Å². The van der Waals surface area contributed by atoms with Crippen molar-refractivity contribution in [2.75, 3.05) is 12.4 Å². The lowest BCUT2D eigenvalue weighted by Gasteiger charge is -2.15. The number of anilines is 1. The summed E-state index contributed by atoms with van der Waals surface area (Å²) in [5.41, 5.74) is 2.01. The molecule has 0 aliphatic heterocycles. The molecule has 0 spiro atoms. The Labute approximate surface area is 71.0 Å². The van der Waals surface area contributed by atoms with E-state index in [1.807, 2.05) is 13.0 Å². The standard InChI is InChI=1S/C8H12N2O2/c1-6-3-4-8(10(11)12)7(5-6)9-2/h3-5,9-11H,1-2H3. The van der Waals surface area contributed by atoms with E-state index in [1.54, 1.807) is 19.2 Å². The second-order valence-electron chi connectivity index (χ2n) is 2.60. The molecule has 0 radical (unpaired) electrons. The van der Waals surface area contributed by atoms with E-state index < -0.39 is 5.23 Å². The van der Waals surface area contributed by atoms with Gasteiger partial charge in [-0.15, -0.1) is 0 Å². The van der Waals surface area contributed by atoms with Crippen LogP contribution >= 0.6 is 0 Å². The van der Waals surface area contributed by atoms with E-state index in [9.17, 15) is 5.21 Å². The summed E-state index contributed by atoms with van der Waals surface area (Å²) in [5, 5.41) is 21.3. The van der Waals surface area contributed by atoms with Crippen LogP contribution in [0.2, 0.25) is 0 Å². The second kappa shape index (κ2) is 3.53. The Morgan fingerprint density at radius 3 is 2.67 bits per heavy atom. The highest BCUT2D eigenvalue weighted by atomic mass is 16.8. The summed E-state index contributed by atoms with van der Waals surface area (Å²) < 4.78 is 0. The number of benzene rings is 1. The number of aryl methyl sites for hydroxylation is 1. The molecule has 4 nitrogen and oxygen atoms in total. The molecule has 3 N–H and O–H groups in total. The highest BCUT2D eigenvalue weighted by Crippen LogP contribution is 2.17. The maximum absolute atomic E-state index is 10.7. The van der Waals surface area contributed by atoms with Gasteiger partial charge < -0.3 is 10.5 Å². The molecule has 0 aliphatic carbocycles. The first-order valence-corrected chi connectivity index (χ1v) is 3.67. The lowest BCUT2D eigenvalue weighted by molar-refractivity contribution is -0.990. The summed E-state index contributed by atoms with van der Waals surface area (Å²) in [4.78, 5) is 0. The van der Waals surface area contributed by atoms with Crippen molar-refractivity contribution in [3.05, 3.63) is 29.0 Å². The molecule has 0 saturated heterocycles. The van der Waals surface area contributed by atoms with Crippen LogP contribution in [0.5, 0.6) is 0 Å². The van der Waals surface area contributed by atoms with Crippen LogP contribution in [0.25, 0.3) is 0 Å². The summed E-state index contributed by atoms with van der Waals surface area (Å²) in [6, 6.07) is 5.19. The molecule has 0 amide bonds. The quantitative estimate of drug-likeness (QED) is 0.561. The number of nitrogens with one attached hydrogen (secondary N) is 2. The normalized spacial score (nSPS) is 12.7. The summed E-state index contributed by atoms with van der Waals surface area (Å²) in [6.07, 6.45) is 0. The fourth-order valence-corrected chi connectivity index (χ4v) is 1.05. The minimum Gasteiger partial charge on any atom is -0.595 e. The molecule has 1 atom stereocenters. The summed E-state index contributed by atoms with van der Waals surface area (Å²) in [5.74, 6) is 0. The molecule has 1 rings (SSSR count). The molecule has 0 aromatic heterocycles. The predicted octanol–water partition coefficient (Wildman–Crippen LogP) is 0.440. The van der Waals surface area contributed by atoms with Gasteiger partial charge in [-0.1, -0.05) is 6.07 Å². The zero-order valence-corrected chi connectivity index (χ0v) is 7.09. The van der Waals surface area contributed by atoms with E-state index in [4.69, 9.17) is 5.21 Å². The van der Waals surface area contributed by atoms with Crippen LogP contribution in [-0.4, -0.2) is 12.3 Å². The molecular weight excluding hydrogens is 156 g/mol. The SMILES string of the molecule is CNc1cc(C)ccc1[NH+]([O-])O. The van der Waals surface area contributed by atoms with Crippen LogP contribution in [-0.2, 0) is 0 Å². The van der Waals surface area contributed by atoms with Crippen molar-refractivity contribution < 1.29 is 10.4 Å². The molecule has 0 fully saturated rings. The molecule has 0 bridgehead atoms. The molecule has 1 aromatic rings. The third-order valence-electron chi connectivity index (χ3n) is 1.67. The first kappa shape index (κ1) is 8.99. The van der Waals surface area contributed by atoms with Gasteiger partial charge in [0.05, 0.1) is 5.69 Å². The first-order chi connectivity index (χ1) is 5.65. The van der Waals surface area contributed by atoms with Gasteiger partial charge in [0.15, 0.2) is 5.69 Å². The van der Waals surface area contributed by atoms with E-state index in [0.29, 0.717) is 11.4 Å². The van der Waals surface area contributed by atoms with E-state index >= 15 is 0 Å². The Morgan fingerprint density at radius 1 is 1.50 bits per heavy atom. The first-order valence-electron chi connectivity index (χ1n) is 3.67. The molecule has 1 aromatic carbocycles. The molecule has 1 unspecified atom stereocenters. The molecule has 66 valence electrons. The Morgan fingerprint density at radius 2 is 2.17 bits per heavy atom. The van der Waals surface area contributed by atoms with E-state index in [0.717, 1.165) is 5.56 Å². The highest BCUT2D eigenvalue weighted by Gasteiger charge is 2.06. The monoisotopic (exact) mass is 168 g/mol. The smallest absolute Gasteiger partial charge is 0.187 e. The van der Waals surface area contributed by atoms with Crippen LogP contribution in [0.1, 0.15) is 5.56 Å². The Balaban J connectivity index is 3.11. The van der Waals surface area contributed by atoms with Gasteiger partial charge >= 0.3 is 0 Å². The number of hydrogen-bond donors (Lipinski definition) is 3. The van der Waals surface area contributed by atoms with E-state index in [1.165, 1.54) is 0 Å². The van der Waals surface area contributed by atoms with Crippen LogP contribution in [0.3, 0.4) is 0 Å². The number of rotatable bonds is 2. The zero-order chi connectivity index (χ0) is 9.14. The topological polar surface area (TPSA) is 59.8 Å². The Kier molecular flexibility index (Phi) is 2.65. The minimum absolute atomic E-state index is 0.308.